The van der Waals surface area contributed by atoms with Crippen LogP contribution in [0.3, 0.4) is 0 Å². The Morgan fingerprint density at radius 1 is 1.08 bits per heavy atom. The van der Waals surface area contributed by atoms with Crippen LogP contribution in [-0.4, -0.2) is 15.0 Å². The molecule has 0 aliphatic carbocycles. The van der Waals surface area contributed by atoms with Crippen LogP contribution in [0.5, 0.6) is 5.75 Å². The zero-order chi connectivity index (χ0) is 17.1. The highest BCUT2D eigenvalue weighted by atomic mass is 35.5. The third-order valence-electron chi connectivity index (χ3n) is 3.34. The maximum absolute atomic E-state index is 5.87. The van der Waals surface area contributed by atoms with E-state index in [0.717, 1.165) is 37.4 Å². The van der Waals surface area contributed by atoms with Crippen molar-refractivity contribution >= 4 is 56.3 Å². The predicted molar refractivity (Wildman–Crippen MR) is 105 cm³/mol. The number of fused-ring (bicyclic) bond motifs is 1. The van der Waals surface area contributed by atoms with Gasteiger partial charge in [-0.2, -0.15) is 0 Å². The third-order valence-corrected chi connectivity index (χ3v) is 6.53. The zero-order valence-electron chi connectivity index (χ0n) is 12.9. The van der Waals surface area contributed by atoms with Gasteiger partial charge in [-0.1, -0.05) is 23.4 Å². The van der Waals surface area contributed by atoms with E-state index in [1.165, 1.54) is 0 Å². The quantitative estimate of drug-likeness (QED) is 0.305. The van der Waals surface area contributed by atoms with E-state index in [1.807, 2.05) is 35.7 Å². The van der Waals surface area contributed by atoms with Crippen LogP contribution in [0.4, 0.5) is 0 Å². The summed E-state index contributed by atoms with van der Waals surface area (Å²) >= 11 is 10.8. The molecule has 1 aromatic carbocycles. The minimum Gasteiger partial charge on any atom is -0.486 e. The minimum absolute atomic E-state index is 0.458. The van der Waals surface area contributed by atoms with Gasteiger partial charge in [0, 0.05) is 16.2 Å². The molecule has 3 heterocycles. The first-order valence-electron chi connectivity index (χ1n) is 7.40. The largest absolute Gasteiger partial charge is 0.486 e. The maximum Gasteiger partial charge on any atom is 0.140 e. The lowest BCUT2D eigenvalue weighted by atomic mass is 10.3. The van der Waals surface area contributed by atoms with Crippen molar-refractivity contribution in [1.82, 2.24) is 15.0 Å². The van der Waals surface area contributed by atoms with Crippen molar-refractivity contribution in [2.24, 2.45) is 0 Å². The number of halogens is 1. The molecule has 0 radical (unpaired) electrons. The number of nitrogens with zero attached hydrogens (tertiary/aromatic N) is 3. The van der Waals surface area contributed by atoms with Crippen LogP contribution < -0.4 is 4.74 Å². The molecule has 0 aliphatic rings. The van der Waals surface area contributed by atoms with E-state index in [1.54, 1.807) is 40.8 Å². The van der Waals surface area contributed by atoms with E-state index in [0.29, 0.717) is 11.6 Å². The van der Waals surface area contributed by atoms with Crippen LogP contribution in [0.25, 0.3) is 10.2 Å². The second-order valence-corrected chi connectivity index (χ2v) is 8.34. The number of benzene rings is 1. The van der Waals surface area contributed by atoms with Gasteiger partial charge in [-0.3, -0.25) is 0 Å². The Hall–Kier alpha value is -1.67. The zero-order valence-corrected chi connectivity index (χ0v) is 16.1. The van der Waals surface area contributed by atoms with Gasteiger partial charge >= 0.3 is 0 Å². The lowest BCUT2D eigenvalue weighted by molar-refractivity contribution is 0.305. The number of thioether (sulfide) groups is 1. The molecule has 0 saturated heterocycles. The van der Waals surface area contributed by atoms with Crippen LogP contribution in [0, 0.1) is 0 Å². The highest BCUT2D eigenvalue weighted by Gasteiger charge is 2.08. The average Bonchev–Trinajstić information content (AvgIpc) is 3.29. The second-order valence-electron chi connectivity index (χ2n) is 5.08. The summed E-state index contributed by atoms with van der Waals surface area (Å²) in [6.45, 7) is 0.458. The van der Waals surface area contributed by atoms with Crippen molar-refractivity contribution in [1.29, 1.82) is 0 Å². The predicted octanol–water partition coefficient (Wildman–Crippen LogP) is 5.67. The van der Waals surface area contributed by atoms with Crippen molar-refractivity contribution in [3.8, 4) is 5.75 Å². The van der Waals surface area contributed by atoms with E-state index in [4.69, 9.17) is 16.3 Å². The molecular weight excluding hydrogens is 394 g/mol. The van der Waals surface area contributed by atoms with E-state index < -0.39 is 0 Å². The van der Waals surface area contributed by atoms with Crippen LogP contribution in [0.2, 0.25) is 5.02 Å². The van der Waals surface area contributed by atoms with Gasteiger partial charge in [0.2, 0.25) is 0 Å². The van der Waals surface area contributed by atoms with Gasteiger partial charge in [0.25, 0.3) is 0 Å². The first kappa shape index (κ1) is 16.8. The second kappa shape index (κ2) is 7.70. The molecule has 4 aromatic rings. The van der Waals surface area contributed by atoms with Crippen LogP contribution in [-0.2, 0) is 12.4 Å². The average molecular weight is 406 g/mol. The highest BCUT2D eigenvalue weighted by molar-refractivity contribution is 7.98. The lowest BCUT2D eigenvalue weighted by Gasteiger charge is -2.03. The normalized spacial score (nSPS) is 11.1. The molecule has 8 heteroatoms. The standard InChI is InChI=1S/C17H12ClN3OS3/c18-11-1-3-13(4-2-11)22-7-15-21-12(8-24-15)9-25-17-16-14(5-6-23-16)19-10-20-17/h1-6,8,10H,7,9H2. The molecule has 126 valence electrons. The third kappa shape index (κ3) is 4.12. The number of hydrogen-bond donors (Lipinski definition) is 0. The number of hydrogen-bond acceptors (Lipinski definition) is 7. The summed E-state index contributed by atoms with van der Waals surface area (Å²) < 4.78 is 6.87. The number of rotatable bonds is 6. The number of thiophene rings is 1. The Morgan fingerprint density at radius 2 is 1.96 bits per heavy atom. The molecule has 0 fully saturated rings. The van der Waals surface area contributed by atoms with E-state index >= 15 is 0 Å². The highest BCUT2D eigenvalue weighted by Crippen LogP contribution is 2.31. The summed E-state index contributed by atoms with van der Waals surface area (Å²) in [4.78, 5) is 13.3. The van der Waals surface area contributed by atoms with Gasteiger partial charge in [-0.05, 0) is 35.7 Å². The summed E-state index contributed by atoms with van der Waals surface area (Å²) in [6, 6.07) is 9.35. The van der Waals surface area contributed by atoms with Gasteiger partial charge in [0.05, 0.1) is 15.9 Å². The molecule has 0 atom stereocenters. The summed E-state index contributed by atoms with van der Waals surface area (Å²) in [5, 5.41) is 6.77. The molecule has 4 rings (SSSR count). The molecule has 3 aromatic heterocycles. The summed E-state index contributed by atoms with van der Waals surface area (Å²) in [6.07, 6.45) is 1.61. The molecule has 0 N–H and O–H groups in total. The topological polar surface area (TPSA) is 47.9 Å². The number of thiazole rings is 1. The van der Waals surface area contributed by atoms with Gasteiger partial charge < -0.3 is 4.74 Å². The Morgan fingerprint density at radius 3 is 2.84 bits per heavy atom. The van der Waals surface area contributed by atoms with Crippen molar-refractivity contribution < 1.29 is 4.74 Å². The van der Waals surface area contributed by atoms with Gasteiger partial charge in [0.1, 0.15) is 28.7 Å². The lowest BCUT2D eigenvalue weighted by Crippen LogP contribution is -1.95. The SMILES string of the molecule is Clc1ccc(OCc2nc(CSc3ncnc4ccsc34)cs2)cc1. The van der Waals surface area contributed by atoms with Crippen molar-refractivity contribution in [2.45, 2.75) is 17.4 Å². The van der Waals surface area contributed by atoms with Crippen molar-refractivity contribution in [2.75, 3.05) is 0 Å². The molecule has 0 bridgehead atoms. The molecule has 0 unspecified atom stereocenters. The molecule has 0 spiro atoms. The van der Waals surface area contributed by atoms with E-state index in [2.05, 4.69) is 20.3 Å². The van der Waals surface area contributed by atoms with E-state index in [9.17, 15) is 0 Å². The fourth-order valence-corrected chi connectivity index (χ4v) is 4.94. The fraction of sp³-hybridized carbons (Fsp3) is 0.118. The Labute approximate surface area is 161 Å². The van der Waals surface area contributed by atoms with Crippen LogP contribution >= 0.6 is 46.0 Å². The van der Waals surface area contributed by atoms with E-state index in [-0.39, 0.29) is 0 Å². The smallest absolute Gasteiger partial charge is 0.140 e. The van der Waals surface area contributed by atoms with Gasteiger partial charge in [0.15, 0.2) is 0 Å². The molecule has 0 aliphatic heterocycles. The fourth-order valence-electron chi connectivity index (χ4n) is 2.17. The van der Waals surface area contributed by atoms with Gasteiger partial charge in [-0.25, -0.2) is 15.0 Å². The Bertz CT molecular complexity index is 984. The first-order chi connectivity index (χ1) is 12.3. The number of aromatic nitrogens is 3. The van der Waals surface area contributed by atoms with Crippen LogP contribution in [0.1, 0.15) is 10.7 Å². The maximum atomic E-state index is 5.87. The summed E-state index contributed by atoms with van der Waals surface area (Å²) in [7, 11) is 0. The summed E-state index contributed by atoms with van der Waals surface area (Å²) in [5.41, 5.74) is 2.03. The molecular formula is C17H12ClN3OS3. The molecule has 25 heavy (non-hydrogen) atoms. The van der Waals surface area contributed by atoms with Crippen molar-refractivity contribution in [3.63, 3.8) is 0 Å². The minimum atomic E-state index is 0.458. The molecule has 4 nitrogen and oxygen atoms in total. The molecule has 0 amide bonds. The monoisotopic (exact) mass is 405 g/mol. The molecule has 0 saturated carbocycles. The Kier molecular flexibility index (Phi) is 5.17. The first-order valence-corrected chi connectivity index (χ1v) is 10.5. The van der Waals surface area contributed by atoms with Gasteiger partial charge in [-0.15, -0.1) is 22.7 Å². The summed E-state index contributed by atoms with van der Waals surface area (Å²) in [5.74, 6) is 1.57. The number of ether oxygens (including phenoxy) is 1. The Balaban J connectivity index is 1.36. The van der Waals surface area contributed by atoms with Crippen LogP contribution in [0.15, 0.2) is 52.4 Å². The van der Waals surface area contributed by atoms with Crippen molar-refractivity contribution in [3.05, 3.63) is 63.1 Å².